The molecule has 27 heteroatoms. The molecule has 7 heterocycles. The monoisotopic (exact) mass is 645 g/mol. The highest BCUT2D eigenvalue weighted by Crippen LogP contribution is 2.10. The zero-order chi connectivity index (χ0) is 33.7. The van der Waals surface area contributed by atoms with Crippen LogP contribution in [0.1, 0.15) is 22.8 Å². The summed E-state index contributed by atoms with van der Waals surface area (Å²) in [6.45, 7) is 7.68. The van der Waals surface area contributed by atoms with Gasteiger partial charge in [-0.05, 0) is 39.8 Å². The summed E-state index contributed by atoms with van der Waals surface area (Å²) in [5.41, 5.74) is 30.1. The number of nitrogen functional groups attached to an aromatic ring is 5. The van der Waals surface area contributed by atoms with Crippen molar-refractivity contribution in [3.63, 3.8) is 0 Å². The van der Waals surface area contributed by atoms with Gasteiger partial charge in [-0.1, -0.05) is 0 Å². The van der Waals surface area contributed by atoms with E-state index in [0.29, 0.717) is 11.9 Å². The van der Waals surface area contributed by atoms with E-state index in [-0.39, 0.29) is 47.6 Å². The number of aromatic amines is 2. The van der Waals surface area contributed by atoms with Crippen LogP contribution < -0.4 is 34.0 Å². The first-order chi connectivity index (χ1) is 22.4. The molecule has 242 valence electrons. The number of aryl methyl sites for hydroxylation is 4. The topological polar surface area (TPSA) is 395 Å². The summed E-state index contributed by atoms with van der Waals surface area (Å²) < 4.78 is 4.32. The summed E-state index contributed by atoms with van der Waals surface area (Å²) in [4.78, 5) is 11.0. The van der Waals surface area contributed by atoms with Gasteiger partial charge in [-0.3, -0.25) is 5.32 Å². The van der Waals surface area contributed by atoms with Crippen LogP contribution in [-0.4, -0.2) is 105 Å². The number of nitrogens with two attached hydrogens (primary N) is 5. The van der Waals surface area contributed by atoms with Gasteiger partial charge in [0.2, 0.25) is 29.7 Å². The van der Waals surface area contributed by atoms with Crippen LogP contribution in [0.5, 0.6) is 0 Å². The van der Waals surface area contributed by atoms with Crippen LogP contribution in [-0.2, 0) is 0 Å². The van der Waals surface area contributed by atoms with Gasteiger partial charge in [-0.15, -0.1) is 56.1 Å². The molecule has 13 N–H and O–H groups in total. The van der Waals surface area contributed by atoms with E-state index in [1.807, 2.05) is 39.8 Å². The van der Waals surface area contributed by atoms with Crippen molar-refractivity contribution >= 4 is 41.6 Å². The molecule has 0 aliphatic heterocycles. The Bertz CT molecular complexity index is 1980. The summed E-state index contributed by atoms with van der Waals surface area (Å²) >= 11 is 0. The normalized spacial score (nSPS) is 10.6. The quantitative estimate of drug-likeness (QED) is 0.0942. The lowest BCUT2D eigenvalue weighted by Gasteiger charge is -2.02. The minimum atomic E-state index is -0.00972. The molecule has 7 aromatic heterocycles. The van der Waals surface area contributed by atoms with Crippen LogP contribution in [0.25, 0.3) is 17.8 Å². The molecule has 0 aromatic carbocycles. The molecule has 7 rings (SSSR count). The van der Waals surface area contributed by atoms with Crippen molar-refractivity contribution in [1.29, 1.82) is 0 Å². The SMILES string of the molecule is Cc1cc(C)n(-c2nnc(-n3nc(C)cc3C)nn2)n1.Nc1n[nH]c(N)n1.Nc1nc(N)n(-c2nnc(Nc3n[nH]c(N)n3)nn2)n1. The maximum atomic E-state index is 5.56. The number of hydrogen-bond acceptors (Lipinski definition) is 22. The molecular formula is C20H27N27. The minimum absolute atomic E-state index is 0.00972. The third kappa shape index (κ3) is 7.54. The first kappa shape index (κ1) is 31.0. The predicted molar refractivity (Wildman–Crippen MR) is 161 cm³/mol. The maximum absolute atomic E-state index is 5.56. The van der Waals surface area contributed by atoms with Gasteiger partial charge in [0, 0.05) is 11.4 Å². The van der Waals surface area contributed by atoms with E-state index < -0.39 is 0 Å². The molecule has 0 amide bonds. The average Bonchev–Trinajstić information content (AvgIpc) is 3.85. The molecule has 0 radical (unpaired) electrons. The van der Waals surface area contributed by atoms with Crippen molar-refractivity contribution in [2.75, 3.05) is 34.0 Å². The lowest BCUT2D eigenvalue weighted by molar-refractivity contribution is 0.662. The van der Waals surface area contributed by atoms with Gasteiger partial charge in [0.1, 0.15) is 0 Å². The largest absolute Gasteiger partial charge is 0.368 e. The fraction of sp³-hybridized carbons (Fsp3) is 0.200. The van der Waals surface area contributed by atoms with Crippen LogP contribution in [0.3, 0.4) is 0 Å². The molecule has 0 saturated heterocycles. The van der Waals surface area contributed by atoms with Gasteiger partial charge in [0.05, 0.1) is 11.4 Å². The van der Waals surface area contributed by atoms with Gasteiger partial charge in [0.25, 0.3) is 29.7 Å². The predicted octanol–water partition coefficient (Wildman–Crippen LogP) is -2.70. The number of aromatic nitrogens is 21. The van der Waals surface area contributed by atoms with Crippen LogP contribution in [0.4, 0.5) is 41.6 Å². The van der Waals surface area contributed by atoms with Gasteiger partial charge < -0.3 is 28.7 Å². The van der Waals surface area contributed by atoms with E-state index in [0.717, 1.165) is 27.5 Å². The summed E-state index contributed by atoms with van der Waals surface area (Å²) in [6, 6.07) is 3.89. The second-order valence-corrected chi connectivity index (χ2v) is 9.19. The van der Waals surface area contributed by atoms with Crippen molar-refractivity contribution in [2.45, 2.75) is 27.7 Å². The Balaban J connectivity index is 0.000000153. The van der Waals surface area contributed by atoms with Crippen molar-refractivity contribution in [1.82, 2.24) is 105 Å². The second-order valence-electron chi connectivity index (χ2n) is 9.19. The molecule has 47 heavy (non-hydrogen) atoms. The van der Waals surface area contributed by atoms with Crippen LogP contribution in [0.2, 0.25) is 0 Å². The van der Waals surface area contributed by atoms with E-state index in [9.17, 15) is 0 Å². The van der Waals surface area contributed by atoms with Crippen molar-refractivity contribution in [3.8, 4) is 17.8 Å². The standard InChI is InChI=1S/C12H14N8.C6H8N14.C2H5N5/c1-7-5-9(3)19(17-7)11-13-15-12(16-14-11)20-10(4)6-8(2)18-20;7-1-11-4(14-13-1)12-5-15-17-6(18-16-5)20-3(9)10-2(8)19-20;3-1-5-2(4)7-6-1/h5-6H,1-4H3;(H4,8,9,10,19)(H4,7,11,12,13,14,15,16);(H5,3,4,5,6,7). The number of H-pyrrole nitrogens is 2. The summed E-state index contributed by atoms with van der Waals surface area (Å²) in [5.74, 6) is 1.56. The summed E-state index contributed by atoms with van der Waals surface area (Å²) in [7, 11) is 0. The molecule has 0 aliphatic rings. The maximum Gasteiger partial charge on any atom is 0.292 e. The molecule has 0 bridgehead atoms. The zero-order valence-corrected chi connectivity index (χ0v) is 25.0. The zero-order valence-electron chi connectivity index (χ0n) is 25.0. The minimum Gasteiger partial charge on any atom is -0.368 e. The highest BCUT2D eigenvalue weighted by Gasteiger charge is 2.13. The highest BCUT2D eigenvalue weighted by atomic mass is 15.5. The molecule has 0 spiro atoms. The molecule has 7 aromatic rings. The van der Waals surface area contributed by atoms with Gasteiger partial charge in [-0.25, -0.2) is 19.6 Å². The van der Waals surface area contributed by atoms with E-state index >= 15 is 0 Å². The second kappa shape index (κ2) is 13.0. The number of rotatable bonds is 5. The number of anilines is 7. The first-order valence-electron chi connectivity index (χ1n) is 13.0. The molecule has 27 nitrogen and oxygen atoms in total. The molecule has 0 fully saturated rings. The molecule has 0 aliphatic carbocycles. The fourth-order valence-corrected chi connectivity index (χ4v) is 3.62. The van der Waals surface area contributed by atoms with E-state index in [1.54, 1.807) is 9.36 Å². The first-order valence-corrected chi connectivity index (χ1v) is 13.0. The number of nitrogens with zero attached hydrogens (tertiary/aromatic N) is 19. The van der Waals surface area contributed by atoms with Gasteiger partial charge >= 0.3 is 0 Å². The fourth-order valence-electron chi connectivity index (χ4n) is 3.62. The summed E-state index contributed by atoms with van der Waals surface area (Å²) in [5, 5.41) is 58.3. The third-order valence-corrected chi connectivity index (χ3v) is 5.41. The lowest BCUT2D eigenvalue weighted by Crippen LogP contribution is -2.13. The average molecular weight is 646 g/mol. The molecular weight excluding hydrogens is 618 g/mol. The Labute approximate surface area is 261 Å². The third-order valence-electron chi connectivity index (χ3n) is 5.41. The summed E-state index contributed by atoms with van der Waals surface area (Å²) in [6.07, 6.45) is 0. The van der Waals surface area contributed by atoms with Crippen molar-refractivity contribution < 1.29 is 0 Å². The molecule has 0 atom stereocenters. The molecule has 0 unspecified atom stereocenters. The Morgan fingerprint density at radius 2 is 1.02 bits per heavy atom. The molecule has 0 saturated carbocycles. The Hall–Kier alpha value is -7.48. The Morgan fingerprint density at radius 3 is 1.38 bits per heavy atom. The van der Waals surface area contributed by atoms with E-state index in [2.05, 4.69) is 96.7 Å². The number of hydrogen-bond donors (Lipinski definition) is 8. The number of nitrogens with one attached hydrogen (secondary N) is 3. The lowest BCUT2D eigenvalue weighted by atomic mass is 10.4. The van der Waals surface area contributed by atoms with E-state index in [1.165, 1.54) is 0 Å². The van der Waals surface area contributed by atoms with Gasteiger partial charge in [-0.2, -0.15) is 29.8 Å². The smallest absolute Gasteiger partial charge is 0.292 e. The van der Waals surface area contributed by atoms with Crippen molar-refractivity contribution in [3.05, 3.63) is 34.9 Å². The highest BCUT2D eigenvalue weighted by molar-refractivity contribution is 5.42. The van der Waals surface area contributed by atoms with E-state index in [4.69, 9.17) is 28.7 Å². The van der Waals surface area contributed by atoms with Crippen LogP contribution >= 0.6 is 0 Å². The van der Waals surface area contributed by atoms with Crippen LogP contribution in [0, 0.1) is 27.7 Å². The Morgan fingerprint density at radius 1 is 0.532 bits per heavy atom. The van der Waals surface area contributed by atoms with Gasteiger partial charge in [0.15, 0.2) is 0 Å². The Kier molecular flexibility index (Phi) is 8.58. The van der Waals surface area contributed by atoms with Crippen LogP contribution in [0.15, 0.2) is 12.1 Å². The van der Waals surface area contributed by atoms with Crippen molar-refractivity contribution in [2.24, 2.45) is 0 Å².